The molecule has 3 aromatic rings. The first-order valence-electron chi connectivity index (χ1n) is 10.2. The van der Waals surface area contributed by atoms with E-state index in [1.807, 2.05) is 6.07 Å². The summed E-state index contributed by atoms with van der Waals surface area (Å²) in [5, 5.41) is 12.2. The van der Waals surface area contributed by atoms with Crippen LogP contribution >= 0.6 is 0 Å². The van der Waals surface area contributed by atoms with Gasteiger partial charge in [-0.25, -0.2) is 8.42 Å². The minimum Gasteiger partial charge on any atom is -0.438 e. The highest BCUT2D eigenvalue weighted by atomic mass is 32.2. The zero-order valence-corrected chi connectivity index (χ0v) is 18.5. The number of amides is 1. The Bertz CT molecular complexity index is 1470. The number of pyridine rings is 1. The van der Waals surface area contributed by atoms with Gasteiger partial charge in [-0.3, -0.25) is 14.0 Å². The number of nitrogens with one attached hydrogen (secondary N) is 1. The monoisotopic (exact) mass is 464 g/mol. The SMILES string of the molecule is Cc1cccn2c(=O)c(/C=C(\C#N)C(=O)NC3CCS(=O)(=O)C3)c(Oc3ccccc3)nc12. The number of sulfone groups is 1. The standard InChI is InChI=1S/C23H20N4O5S/c1-15-6-5-10-27-20(15)26-22(32-18-7-3-2-4-8-18)19(23(27)29)12-16(13-24)21(28)25-17-9-11-33(30,31)14-17/h2-8,10,12,17H,9,11,14H2,1H3,(H,25,28)/b16-12+. The van der Waals surface area contributed by atoms with E-state index in [1.165, 1.54) is 10.6 Å². The Morgan fingerprint density at radius 3 is 2.70 bits per heavy atom. The summed E-state index contributed by atoms with van der Waals surface area (Å²) in [7, 11) is -3.21. The second-order valence-corrected chi connectivity index (χ2v) is 9.91. The average Bonchev–Trinajstić information content (AvgIpc) is 3.13. The quantitative estimate of drug-likeness (QED) is 0.451. The molecule has 3 heterocycles. The Morgan fingerprint density at radius 1 is 1.27 bits per heavy atom. The van der Waals surface area contributed by atoms with E-state index < -0.39 is 27.3 Å². The van der Waals surface area contributed by atoms with E-state index in [1.54, 1.807) is 49.4 Å². The summed E-state index contributed by atoms with van der Waals surface area (Å²) in [5.41, 5.74) is 0.170. The third-order valence-corrected chi connectivity index (χ3v) is 7.00. The van der Waals surface area contributed by atoms with Crippen LogP contribution in [0.5, 0.6) is 11.6 Å². The molecule has 10 heteroatoms. The molecule has 9 nitrogen and oxygen atoms in total. The largest absolute Gasteiger partial charge is 0.438 e. The third kappa shape index (κ3) is 4.78. The van der Waals surface area contributed by atoms with Gasteiger partial charge in [0.2, 0.25) is 5.88 Å². The molecule has 0 bridgehead atoms. The number of hydrogen-bond donors (Lipinski definition) is 1. The highest BCUT2D eigenvalue weighted by Crippen LogP contribution is 2.24. The summed E-state index contributed by atoms with van der Waals surface area (Å²) in [6, 6.07) is 13.4. The van der Waals surface area contributed by atoms with Gasteiger partial charge in [-0.1, -0.05) is 24.3 Å². The first-order chi connectivity index (χ1) is 15.8. The van der Waals surface area contributed by atoms with Crippen molar-refractivity contribution in [2.45, 2.75) is 19.4 Å². The molecule has 1 aliphatic rings. The summed E-state index contributed by atoms with van der Waals surface area (Å²) in [6.45, 7) is 1.80. The smallest absolute Gasteiger partial charge is 0.269 e. The van der Waals surface area contributed by atoms with Crippen molar-refractivity contribution in [2.24, 2.45) is 0 Å². The molecule has 1 unspecified atom stereocenters. The van der Waals surface area contributed by atoms with Gasteiger partial charge in [-0.05, 0) is 43.2 Å². The Balaban J connectivity index is 1.79. The Kier molecular flexibility index (Phi) is 5.98. The summed E-state index contributed by atoms with van der Waals surface area (Å²) >= 11 is 0. The summed E-state index contributed by atoms with van der Waals surface area (Å²) in [6.07, 6.45) is 2.94. The number of aryl methyl sites for hydroxylation is 1. The summed E-state index contributed by atoms with van der Waals surface area (Å²) in [4.78, 5) is 30.4. The van der Waals surface area contributed by atoms with Gasteiger partial charge < -0.3 is 10.1 Å². The van der Waals surface area contributed by atoms with Crippen molar-refractivity contribution in [3.8, 4) is 17.7 Å². The fraction of sp³-hybridized carbons (Fsp3) is 0.217. The van der Waals surface area contributed by atoms with Crippen LogP contribution < -0.4 is 15.6 Å². The van der Waals surface area contributed by atoms with Crippen molar-refractivity contribution in [3.05, 3.63) is 75.7 Å². The van der Waals surface area contributed by atoms with Crippen LogP contribution in [0.25, 0.3) is 11.7 Å². The number of aromatic nitrogens is 2. The number of benzene rings is 1. The Morgan fingerprint density at radius 2 is 2.03 bits per heavy atom. The molecule has 33 heavy (non-hydrogen) atoms. The van der Waals surface area contributed by atoms with Crippen molar-refractivity contribution < 1.29 is 17.9 Å². The van der Waals surface area contributed by atoms with Gasteiger partial charge in [-0.2, -0.15) is 10.2 Å². The van der Waals surface area contributed by atoms with Crippen LogP contribution in [0.4, 0.5) is 0 Å². The van der Waals surface area contributed by atoms with E-state index in [2.05, 4.69) is 10.3 Å². The minimum atomic E-state index is -3.21. The van der Waals surface area contributed by atoms with Gasteiger partial charge >= 0.3 is 0 Å². The first kappa shape index (κ1) is 22.2. The van der Waals surface area contributed by atoms with E-state index in [-0.39, 0.29) is 34.9 Å². The molecule has 1 atom stereocenters. The third-order valence-electron chi connectivity index (χ3n) is 5.23. The van der Waals surface area contributed by atoms with Gasteiger partial charge in [0.1, 0.15) is 28.6 Å². The fourth-order valence-corrected chi connectivity index (χ4v) is 5.23. The molecule has 168 valence electrons. The molecule has 0 spiro atoms. The maximum atomic E-state index is 13.3. The second kappa shape index (κ2) is 8.88. The number of ether oxygens (including phenoxy) is 1. The van der Waals surface area contributed by atoms with E-state index in [0.717, 1.165) is 11.6 Å². The number of para-hydroxylation sites is 1. The van der Waals surface area contributed by atoms with Gasteiger partial charge in [0.05, 0.1) is 11.5 Å². The molecule has 1 fully saturated rings. The molecule has 1 N–H and O–H groups in total. The lowest BCUT2D eigenvalue weighted by Gasteiger charge is -2.12. The number of fused-ring (bicyclic) bond motifs is 1. The van der Waals surface area contributed by atoms with Crippen LogP contribution in [-0.4, -0.2) is 41.3 Å². The fourth-order valence-electron chi connectivity index (χ4n) is 3.56. The van der Waals surface area contributed by atoms with E-state index in [4.69, 9.17) is 4.74 Å². The lowest BCUT2D eigenvalue weighted by molar-refractivity contribution is -0.117. The summed E-state index contributed by atoms with van der Waals surface area (Å²) < 4.78 is 30.5. The summed E-state index contributed by atoms with van der Waals surface area (Å²) in [5.74, 6) is -0.590. The van der Waals surface area contributed by atoms with Crippen LogP contribution in [0.1, 0.15) is 17.5 Å². The predicted octanol–water partition coefficient (Wildman–Crippen LogP) is 2.01. The van der Waals surface area contributed by atoms with Crippen molar-refractivity contribution in [1.82, 2.24) is 14.7 Å². The van der Waals surface area contributed by atoms with E-state index in [9.17, 15) is 23.3 Å². The van der Waals surface area contributed by atoms with Gasteiger partial charge in [0.15, 0.2) is 9.84 Å². The van der Waals surface area contributed by atoms with Crippen molar-refractivity contribution in [1.29, 1.82) is 5.26 Å². The highest BCUT2D eigenvalue weighted by Gasteiger charge is 2.30. The van der Waals surface area contributed by atoms with Crippen molar-refractivity contribution in [2.75, 3.05) is 11.5 Å². The Labute approximate surface area is 189 Å². The zero-order valence-electron chi connectivity index (χ0n) is 17.7. The molecular weight excluding hydrogens is 444 g/mol. The molecule has 4 rings (SSSR count). The lowest BCUT2D eigenvalue weighted by atomic mass is 10.1. The lowest BCUT2D eigenvalue weighted by Crippen LogP contribution is -2.36. The number of rotatable bonds is 5. The molecule has 2 aromatic heterocycles. The topological polar surface area (TPSA) is 131 Å². The zero-order chi connectivity index (χ0) is 23.6. The first-order valence-corrected chi connectivity index (χ1v) is 12.0. The van der Waals surface area contributed by atoms with Crippen LogP contribution in [0, 0.1) is 18.3 Å². The van der Waals surface area contributed by atoms with E-state index >= 15 is 0 Å². The molecule has 0 radical (unpaired) electrons. The average molecular weight is 465 g/mol. The van der Waals surface area contributed by atoms with Gasteiger partial charge in [-0.15, -0.1) is 0 Å². The van der Waals surface area contributed by atoms with Crippen LogP contribution in [0.2, 0.25) is 0 Å². The maximum Gasteiger partial charge on any atom is 0.269 e. The number of carbonyl (C=O) groups is 1. The Hall–Kier alpha value is -3.97. The highest BCUT2D eigenvalue weighted by molar-refractivity contribution is 7.91. The maximum absolute atomic E-state index is 13.3. The molecule has 0 saturated carbocycles. The number of nitrogens with zero attached hydrogens (tertiary/aromatic N) is 3. The molecular formula is C23H20N4O5S. The number of nitriles is 1. The van der Waals surface area contributed by atoms with Crippen molar-refractivity contribution >= 4 is 27.5 Å². The van der Waals surface area contributed by atoms with Crippen LogP contribution in [0.3, 0.4) is 0 Å². The van der Waals surface area contributed by atoms with E-state index in [0.29, 0.717) is 11.4 Å². The van der Waals surface area contributed by atoms with Gasteiger partial charge in [0, 0.05) is 12.2 Å². The molecule has 0 aliphatic carbocycles. The van der Waals surface area contributed by atoms with Crippen LogP contribution in [-0.2, 0) is 14.6 Å². The molecule has 1 aliphatic heterocycles. The predicted molar refractivity (Wildman–Crippen MR) is 122 cm³/mol. The van der Waals surface area contributed by atoms with Crippen molar-refractivity contribution in [3.63, 3.8) is 0 Å². The molecule has 1 saturated heterocycles. The molecule has 1 amide bonds. The van der Waals surface area contributed by atoms with Crippen LogP contribution in [0.15, 0.2) is 59.0 Å². The minimum absolute atomic E-state index is 0.0199. The second-order valence-electron chi connectivity index (χ2n) is 7.68. The normalized spacial score (nSPS) is 17.5. The number of carbonyl (C=O) groups excluding carboxylic acids is 1. The number of hydrogen-bond acceptors (Lipinski definition) is 7. The molecule has 1 aromatic carbocycles. The van der Waals surface area contributed by atoms with Gasteiger partial charge in [0.25, 0.3) is 11.5 Å².